The predicted molar refractivity (Wildman–Crippen MR) is 129 cm³/mol. The van der Waals surface area contributed by atoms with Gasteiger partial charge >= 0.3 is 0 Å². The van der Waals surface area contributed by atoms with Gasteiger partial charge in [0.25, 0.3) is 0 Å². The van der Waals surface area contributed by atoms with Gasteiger partial charge in [-0.1, -0.05) is 29.7 Å². The molecule has 33 heavy (non-hydrogen) atoms. The quantitative estimate of drug-likeness (QED) is 0.554. The highest BCUT2D eigenvalue weighted by molar-refractivity contribution is 8.14. The van der Waals surface area contributed by atoms with Crippen LogP contribution in [0.4, 0.5) is 0 Å². The van der Waals surface area contributed by atoms with Gasteiger partial charge < -0.3 is 15.2 Å². The summed E-state index contributed by atoms with van der Waals surface area (Å²) < 4.78 is 11.6. The number of aromatic nitrogens is 2. The van der Waals surface area contributed by atoms with E-state index in [0.717, 1.165) is 39.3 Å². The summed E-state index contributed by atoms with van der Waals surface area (Å²) in [6, 6.07) is 12.2. The third kappa shape index (κ3) is 3.38. The standard InChI is InChI=1S/C26H22N4O2S/c1-16-3-5-18(11-28-16)19-10-21-23(29-12-19)32-22-6-4-17(7-8-25(2)13-31-14-25)9-20(22)26(21)15-33-24(27)30-26/h3-6,9-12H,13-15H2,1-2H3,(H2,27,30). The molecule has 0 saturated carbocycles. The summed E-state index contributed by atoms with van der Waals surface area (Å²) in [5, 5.41) is 0.562. The summed E-state index contributed by atoms with van der Waals surface area (Å²) in [7, 11) is 0. The Bertz CT molecular complexity index is 1370. The molecular weight excluding hydrogens is 432 g/mol. The lowest BCUT2D eigenvalue weighted by Gasteiger charge is -2.34. The molecule has 6 rings (SSSR count). The SMILES string of the molecule is Cc1ccc(-c2cnc3c(c2)C2(CSC(N)=N2)c2cc(C#CC4(C)COC4)ccc2O3)cn1. The van der Waals surface area contributed by atoms with E-state index in [2.05, 4.69) is 46.9 Å². The van der Waals surface area contributed by atoms with E-state index < -0.39 is 5.54 Å². The van der Waals surface area contributed by atoms with Crippen molar-refractivity contribution in [2.24, 2.45) is 16.1 Å². The summed E-state index contributed by atoms with van der Waals surface area (Å²) in [4.78, 5) is 14.0. The monoisotopic (exact) mass is 454 g/mol. The maximum atomic E-state index is 6.23. The second-order valence-electron chi connectivity index (χ2n) is 8.98. The minimum atomic E-state index is -0.667. The molecule has 0 aliphatic carbocycles. The van der Waals surface area contributed by atoms with Gasteiger partial charge in [-0.25, -0.2) is 9.98 Å². The number of thioether (sulfide) groups is 1. The predicted octanol–water partition coefficient (Wildman–Crippen LogP) is 4.25. The van der Waals surface area contributed by atoms with E-state index in [1.54, 1.807) is 11.8 Å². The molecule has 5 heterocycles. The molecule has 164 valence electrons. The van der Waals surface area contributed by atoms with Crippen molar-refractivity contribution in [1.29, 1.82) is 0 Å². The van der Waals surface area contributed by atoms with Crippen LogP contribution in [0.3, 0.4) is 0 Å². The Balaban J connectivity index is 1.48. The zero-order valence-corrected chi connectivity index (χ0v) is 19.2. The molecule has 3 aromatic rings. The van der Waals surface area contributed by atoms with E-state index in [1.165, 1.54) is 0 Å². The second-order valence-corrected chi connectivity index (χ2v) is 9.98. The van der Waals surface area contributed by atoms with Crippen LogP contribution in [-0.4, -0.2) is 34.1 Å². The van der Waals surface area contributed by atoms with E-state index in [9.17, 15) is 0 Å². The molecular formula is C26H22N4O2S. The molecule has 1 spiro atoms. The molecule has 1 saturated heterocycles. The fourth-order valence-corrected chi connectivity index (χ4v) is 5.26. The van der Waals surface area contributed by atoms with Crippen LogP contribution in [-0.2, 0) is 10.3 Å². The Kier molecular flexibility index (Phi) is 4.51. The van der Waals surface area contributed by atoms with E-state index >= 15 is 0 Å². The molecule has 1 fully saturated rings. The first-order valence-corrected chi connectivity index (χ1v) is 11.8. The summed E-state index contributed by atoms with van der Waals surface area (Å²) >= 11 is 1.55. The number of aliphatic imine (C=N–C) groups is 1. The highest BCUT2D eigenvalue weighted by Crippen LogP contribution is 2.53. The first-order valence-electron chi connectivity index (χ1n) is 10.8. The number of benzene rings is 1. The van der Waals surface area contributed by atoms with Crippen molar-refractivity contribution in [2.75, 3.05) is 19.0 Å². The van der Waals surface area contributed by atoms with Gasteiger partial charge in [0.1, 0.15) is 11.3 Å². The fourth-order valence-electron chi connectivity index (χ4n) is 4.31. The average molecular weight is 455 g/mol. The van der Waals surface area contributed by atoms with Crippen LogP contribution in [0.15, 0.2) is 53.8 Å². The molecule has 3 aliphatic heterocycles. The maximum Gasteiger partial charge on any atom is 0.225 e. The van der Waals surface area contributed by atoms with Crippen LogP contribution in [0, 0.1) is 24.2 Å². The molecule has 6 nitrogen and oxygen atoms in total. The second kappa shape index (κ2) is 7.34. The van der Waals surface area contributed by atoms with Gasteiger partial charge in [0.15, 0.2) is 5.17 Å². The lowest BCUT2D eigenvalue weighted by atomic mass is 9.81. The number of aryl methyl sites for hydroxylation is 1. The molecule has 0 bridgehead atoms. The Morgan fingerprint density at radius 1 is 1.03 bits per heavy atom. The van der Waals surface area contributed by atoms with E-state index in [4.69, 9.17) is 20.2 Å². The third-order valence-electron chi connectivity index (χ3n) is 6.25. The van der Waals surface area contributed by atoms with Crippen LogP contribution in [0.1, 0.15) is 29.3 Å². The van der Waals surface area contributed by atoms with Gasteiger partial charge in [-0.2, -0.15) is 0 Å². The molecule has 2 N–H and O–H groups in total. The smallest absolute Gasteiger partial charge is 0.225 e. The topological polar surface area (TPSA) is 82.6 Å². The largest absolute Gasteiger partial charge is 0.438 e. The van der Waals surface area contributed by atoms with Gasteiger partial charge in [0.05, 0.1) is 18.6 Å². The molecule has 1 atom stereocenters. The first-order chi connectivity index (χ1) is 15.9. The number of nitrogens with two attached hydrogens (primary N) is 1. The first kappa shape index (κ1) is 20.3. The van der Waals surface area contributed by atoms with Crippen LogP contribution in [0.2, 0.25) is 0 Å². The summed E-state index contributed by atoms with van der Waals surface area (Å²) in [5.41, 5.74) is 11.2. The Hall–Kier alpha value is -3.34. The van der Waals surface area contributed by atoms with Crippen molar-refractivity contribution >= 4 is 16.9 Å². The summed E-state index contributed by atoms with van der Waals surface area (Å²) in [6.07, 6.45) is 3.68. The summed E-state index contributed by atoms with van der Waals surface area (Å²) in [6.45, 7) is 5.44. The van der Waals surface area contributed by atoms with Crippen molar-refractivity contribution in [3.63, 3.8) is 0 Å². The lowest BCUT2D eigenvalue weighted by Crippen LogP contribution is -2.38. The van der Waals surface area contributed by atoms with E-state index in [1.807, 2.05) is 37.5 Å². The number of rotatable bonds is 1. The highest BCUT2D eigenvalue weighted by atomic mass is 32.2. The molecule has 1 aromatic carbocycles. The van der Waals surface area contributed by atoms with Crippen molar-refractivity contribution in [3.05, 3.63) is 71.2 Å². The molecule has 0 amide bonds. The molecule has 7 heteroatoms. The Labute approximate surface area is 196 Å². The van der Waals surface area contributed by atoms with Crippen LogP contribution in [0.25, 0.3) is 11.1 Å². The Morgan fingerprint density at radius 3 is 2.58 bits per heavy atom. The number of amidine groups is 1. The fraction of sp³-hybridized carbons (Fsp3) is 0.269. The third-order valence-corrected chi connectivity index (χ3v) is 7.20. The Morgan fingerprint density at radius 2 is 1.88 bits per heavy atom. The average Bonchev–Trinajstić information content (AvgIpc) is 3.19. The van der Waals surface area contributed by atoms with Crippen LogP contribution < -0.4 is 10.5 Å². The number of hydrogen-bond acceptors (Lipinski definition) is 7. The number of pyridine rings is 2. The zero-order valence-electron chi connectivity index (χ0n) is 18.4. The normalized spacial score (nSPS) is 21.7. The van der Waals surface area contributed by atoms with Crippen molar-refractivity contribution in [2.45, 2.75) is 19.4 Å². The van der Waals surface area contributed by atoms with E-state index in [-0.39, 0.29) is 5.41 Å². The molecule has 0 radical (unpaired) electrons. The van der Waals surface area contributed by atoms with Gasteiger partial charge in [0.2, 0.25) is 5.88 Å². The molecule has 2 aromatic heterocycles. The van der Waals surface area contributed by atoms with Crippen molar-refractivity contribution < 1.29 is 9.47 Å². The van der Waals surface area contributed by atoms with Crippen molar-refractivity contribution in [3.8, 4) is 34.6 Å². The van der Waals surface area contributed by atoms with Gasteiger partial charge in [-0.05, 0) is 44.2 Å². The number of nitrogens with zero attached hydrogens (tertiary/aromatic N) is 3. The maximum absolute atomic E-state index is 6.23. The number of hydrogen-bond donors (Lipinski definition) is 1. The van der Waals surface area contributed by atoms with Gasteiger partial charge in [0, 0.05) is 51.7 Å². The van der Waals surface area contributed by atoms with Crippen LogP contribution >= 0.6 is 11.8 Å². The summed E-state index contributed by atoms with van der Waals surface area (Å²) in [5.74, 6) is 8.66. The van der Waals surface area contributed by atoms with Crippen LogP contribution in [0.5, 0.6) is 11.6 Å². The minimum Gasteiger partial charge on any atom is -0.438 e. The number of fused-ring (bicyclic) bond motifs is 4. The van der Waals surface area contributed by atoms with E-state index in [0.29, 0.717) is 30.0 Å². The molecule has 3 aliphatic rings. The number of ether oxygens (including phenoxy) is 2. The van der Waals surface area contributed by atoms with Gasteiger partial charge in [-0.3, -0.25) is 4.98 Å². The van der Waals surface area contributed by atoms with Gasteiger partial charge in [-0.15, -0.1) is 0 Å². The van der Waals surface area contributed by atoms with Crippen molar-refractivity contribution in [1.82, 2.24) is 9.97 Å². The zero-order chi connectivity index (χ0) is 22.6. The lowest BCUT2D eigenvalue weighted by molar-refractivity contribution is -0.0648. The molecule has 1 unspecified atom stereocenters. The highest BCUT2D eigenvalue weighted by Gasteiger charge is 2.46. The minimum absolute atomic E-state index is 0.0800.